The molecule has 1 heterocycles. The van der Waals surface area contributed by atoms with Gasteiger partial charge in [0.1, 0.15) is 6.04 Å². The van der Waals surface area contributed by atoms with Crippen molar-refractivity contribution in [3.63, 3.8) is 0 Å². The van der Waals surface area contributed by atoms with Gasteiger partial charge in [0, 0.05) is 29.4 Å². The van der Waals surface area contributed by atoms with Gasteiger partial charge < -0.3 is 10.2 Å². The van der Waals surface area contributed by atoms with E-state index in [0.717, 1.165) is 12.8 Å². The van der Waals surface area contributed by atoms with E-state index < -0.39 is 10.8 Å². The average Bonchev–Trinajstić information content (AvgIpc) is 3.05. The fourth-order valence-corrected chi connectivity index (χ4v) is 2.66. The van der Waals surface area contributed by atoms with Crippen LogP contribution in [0.3, 0.4) is 0 Å². The molecule has 1 N–H and O–H groups in total. The Morgan fingerprint density at radius 2 is 2.12 bits per heavy atom. The predicted molar refractivity (Wildman–Crippen MR) is 64.8 cm³/mol. The normalized spacial score (nSPS) is 26.9. The molecule has 6 heteroatoms. The van der Waals surface area contributed by atoms with E-state index in [4.69, 9.17) is 0 Å². The smallest absolute Gasteiger partial charge is 0.245 e. The van der Waals surface area contributed by atoms with Crippen LogP contribution in [-0.4, -0.2) is 52.1 Å². The summed E-state index contributed by atoms with van der Waals surface area (Å²) in [4.78, 5) is 25.2. The maximum Gasteiger partial charge on any atom is 0.245 e. The van der Waals surface area contributed by atoms with Crippen LogP contribution >= 0.6 is 0 Å². The first-order chi connectivity index (χ1) is 8.08. The van der Waals surface area contributed by atoms with Crippen molar-refractivity contribution in [3.05, 3.63) is 0 Å². The molecule has 2 amide bonds. The van der Waals surface area contributed by atoms with Gasteiger partial charge >= 0.3 is 0 Å². The monoisotopic (exact) mass is 258 g/mol. The third kappa shape index (κ3) is 3.28. The van der Waals surface area contributed by atoms with Gasteiger partial charge in [-0.2, -0.15) is 0 Å². The number of hydrogen-bond acceptors (Lipinski definition) is 3. The Morgan fingerprint density at radius 1 is 1.41 bits per heavy atom. The molecule has 0 radical (unpaired) electrons. The molecule has 0 spiro atoms. The van der Waals surface area contributed by atoms with E-state index in [9.17, 15) is 13.8 Å². The number of hydrogen-bond donors (Lipinski definition) is 1. The molecule has 2 fully saturated rings. The van der Waals surface area contributed by atoms with Crippen LogP contribution in [0, 0.1) is 5.92 Å². The molecule has 0 aromatic heterocycles. The predicted octanol–water partition coefficient (Wildman–Crippen LogP) is -0.508. The Bertz CT molecular complexity index is 355. The highest BCUT2D eigenvalue weighted by Gasteiger charge is 2.42. The lowest BCUT2D eigenvalue weighted by atomic mass is 10.1. The molecule has 2 unspecified atom stereocenters. The van der Waals surface area contributed by atoms with Gasteiger partial charge in [0.05, 0.1) is 6.54 Å². The van der Waals surface area contributed by atoms with Crippen LogP contribution in [0.2, 0.25) is 0 Å². The van der Waals surface area contributed by atoms with Crippen molar-refractivity contribution >= 4 is 22.6 Å². The van der Waals surface area contributed by atoms with Gasteiger partial charge in [-0.3, -0.25) is 13.8 Å². The van der Waals surface area contributed by atoms with E-state index in [-0.39, 0.29) is 24.4 Å². The fourth-order valence-electron chi connectivity index (χ4n) is 2.13. The fraction of sp³-hybridized carbons (Fsp3) is 0.818. The number of carbonyl (C=O) groups excluding carboxylic acids is 2. The van der Waals surface area contributed by atoms with Gasteiger partial charge in [-0.25, -0.2) is 0 Å². The van der Waals surface area contributed by atoms with Gasteiger partial charge in [0.15, 0.2) is 0 Å². The zero-order valence-corrected chi connectivity index (χ0v) is 10.8. The second-order valence-corrected chi connectivity index (χ2v) is 6.33. The molecular formula is C11H18N2O3S. The molecule has 2 aliphatic rings. The van der Waals surface area contributed by atoms with E-state index >= 15 is 0 Å². The van der Waals surface area contributed by atoms with Crippen molar-refractivity contribution in [2.75, 3.05) is 25.1 Å². The van der Waals surface area contributed by atoms with Crippen LogP contribution in [0.25, 0.3) is 0 Å². The Hall–Kier alpha value is -0.910. The lowest BCUT2D eigenvalue weighted by Crippen LogP contribution is -2.59. The maximum absolute atomic E-state index is 12.1. The van der Waals surface area contributed by atoms with Crippen molar-refractivity contribution < 1.29 is 13.8 Å². The van der Waals surface area contributed by atoms with E-state index in [0.29, 0.717) is 24.6 Å². The molecule has 96 valence electrons. The summed E-state index contributed by atoms with van der Waals surface area (Å²) in [5, 5.41) is 2.77. The highest BCUT2D eigenvalue weighted by Crippen LogP contribution is 2.34. The lowest BCUT2D eigenvalue weighted by molar-refractivity contribution is -0.144. The van der Waals surface area contributed by atoms with E-state index in [1.807, 2.05) is 0 Å². The second kappa shape index (κ2) is 5.16. The number of amides is 2. The number of rotatable bonds is 5. The molecule has 1 saturated heterocycles. The molecule has 1 aliphatic carbocycles. The maximum atomic E-state index is 12.1. The summed E-state index contributed by atoms with van der Waals surface area (Å²) in [6.45, 7) is 0.688. The van der Waals surface area contributed by atoms with Crippen molar-refractivity contribution in [1.29, 1.82) is 0 Å². The summed E-state index contributed by atoms with van der Waals surface area (Å²) in [6, 6.07) is -0.302. The molecule has 0 aromatic rings. The van der Waals surface area contributed by atoms with Gasteiger partial charge in [-0.15, -0.1) is 0 Å². The summed E-state index contributed by atoms with van der Waals surface area (Å²) < 4.78 is 10.9. The third-order valence-electron chi connectivity index (χ3n) is 3.18. The zero-order chi connectivity index (χ0) is 12.4. The largest absolute Gasteiger partial charge is 0.342 e. The lowest BCUT2D eigenvalue weighted by Gasteiger charge is -2.32. The second-order valence-electron chi connectivity index (χ2n) is 4.77. The Labute approximate surface area is 103 Å². The SMILES string of the molecule is CS(=O)CCCN1CC(=O)NC(C2CC2)C1=O. The van der Waals surface area contributed by atoms with E-state index in [2.05, 4.69) is 5.32 Å². The summed E-state index contributed by atoms with van der Waals surface area (Å²) >= 11 is 0. The molecule has 5 nitrogen and oxygen atoms in total. The number of piperazine rings is 1. The summed E-state index contributed by atoms with van der Waals surface area (Å²) in [5.41, 5.74) is 0. The minimum absolute atomic E-state index is 0.0361. The molecule has 0 aromatic carbocycles. The molecule has 2 rings (SSSR count). The van der Waals surface area contributed by atoms with Crippen LogP contribution in [0.1, 0.15) is 19.3 Å². The van der Waals surface area contributed by atoms with Gasteiger partial charge in [-0.05, 0) is 25.2 Å². The van der Waals surface area contributed by atoms with Crippen LogP contribution in [0.5, 0.6) is 0 Å². The third-order valence-corrected chi connectivity index (χ3v) is 4.05. The Balaban J connectivity index is 1.88. The van der Waals surface area contributed by atoms with Crippen molar-refractivity contribution in [3.8, 4) is 0 Å². The number of nitrogens with zero attached hydrogens (tertiary/aromatic N) is 1. The molecule has 0 bridgehead atoms. The quantitative estimate of drug-likeness (QED) is 0.722. The van der Waals surface area contributed by atoms with E-state index in [1.54, 1.807) is 11.2 Å². The van der Waals surface area contributed by atoms with Crippen LogP contribution in [0.4, 0.5) is 0 Å². The summed E-state index contributed by atoms with van der Waals surface area (Å²) in [5.74, 6) is 0.891. The summed E-state index contributed by atoms with van der Waals surface area (Å²) in [6.07, 6.45) is 4.41. The topological polar surface area (TPSA) is 66.5 Å². The van der Waals surface area contributed by atoms with E-state index in [1.165, 1.54) is 0 Å². The first kappa shape index (κ1) is 12.5. The first-order valence-corrected chi connectivity index (χ1v) is 7.69. The van der Waals surface area contributed by atoms with Crippen molar-refractivity contribution in [2.45, 2.75) is 25.3 Å². The summed E-state index contributed by atoms with van der Waals surface area (Å²) in [7, 11) is -0.834. The number of nitrogens with one attached hydrogen (secondary N) is 1. The standard InChI is InChI=1S/C11H18N2O3S/c1-17(16)6-2-5-13-7-9(14)12-10(11(13)15)8-3-4-8/h8,10H,2-7H2,1H3,(H,12,14). The zero-order valence-electron chi connectivity index (χ0n) is 9.98. The molecule has 1 aliphatic heterocycles. The molecular weight excluding hydrogens is 240 g/mol. The Morgan fingerprint density at radius 3 is 2.71 bits per heavy atom. The van der Waals surface area contributed by atoms with Gasteiger partial charge in [0.2, 0.25) is 11.8 Å². The molecule has 17 heavy (non-hydrogen) atoms. The average molecular weight is 258 g/mol. The van der Waals surface area contributed by atoms with Crippen molar-refractivity contribution in [2.24, 2.45) is 5.92 Å². The Kier molecular flexibility index (Phi) is 3.81. The molecule has 1 saturated carbocycles. The van der Waals surface area contributed by atoms with Crippen LogP contribution < -0.4 is 5.32 Å². The highest BCUT2D eigenvalue weighted by molar-refractivity contribution is 7.84. The highest BCUT2D eigenvalue weighted by atomic mass is 32.2. The minimum Gasteiger partial charge on any atom is -0.342 e. The van der Waals surface area contributed by atoms with Gasteiger partial charge in [0.25, 0.3) is 0 Å². The number of carbonyl (C=O) groups is 2. The minimum atomic E-state index is -0.834. The van der Waals surface area contributed by atoms with Gasteiger partial charge in [-0.1, -0.05) is 0 Å². The van der Waals surface area contributed by atoms with Crippen LogP contribution in [0.15, 0.2) is 0 Å². The first-order valence-electron chi connectivity index (χ1n) is 5.96. The van der Waals surface area contributed by atoms with Crippen molar-refractivity contribution in [1.82, 2.24) is 10.2 Å². The van der Waals surface area contributed by atoms with Crippen LogP contribution in [-0.2, 0) is 20.4 Å². The molecule has 2 atom stereocenters.